The van der Waals surface area contributed by atoms with Gasteiger partial charge in [0.25, 0.3) is 0 Å². The van der Waals surface area contributed by atoms with E-state index in [2.05, 4.69) is 5.32 Å². The molecule has 0 aliphatic carbocycles. The molecule has 0 aromatic heterocycles. The summed E-state index contributed by atoms with van der Waals surface area (Å²) in [6.07, 6.45) is 2.54. The summed E-state index contributed by atoms with van der Waals surface area (Å²) in [6, 6.07) is 5.08. The molecule has 7 nitrogen and oxygen atoms in total. The topological polar surface area (TPSA) is 102 Å². The predicted octanol–water partition coefficient (Wildman–Crippen LogP) is 2.48. The van der Waals surface area contributed by atoms with Gasteiger partial charge >= 0.3 is 0 Å². The summed E-state index contributed by atoms with van der Waals surface area (Å²) in [5.74, 6) is 0.441. The molecule has 0 unspecified atom stereocenters. The number of sulfonamides is 1. The van der Waals surface area contributed by atoms with Gasteiger partial charge in [0.2, 0.25) is 15.9 Å². The predicted molar refractivity (Wildman–Crippen MR) is 106 cm³/mol. The summed E-state index contributed by atoms with van der Waals surface area (Å²) >= 11 is 0. The first kappa shape index (κ1) is 22.5. The van der Waals surface area contributed by atoms with Crippen LogP contribution < -0.4 is 15.8 Å². The summed E-state index contributed by atoms with van der Waals surface area (Å²) < 4.78 is 31.1. The number of piperidine rings is 1. The van der Waals surface area contributed by atoms with Crippen LogP contribution >= 0.6 is 12.4 Å². The number of nitrogens with two attached hydrogens (primary N) is 1. The number of rotatable bonds is 7. The number of unbranched alkanes of at least 4 members (excludes halogenated alkanes) is 1. The number of hydrogen-bond acceptors (Lipinski definition) is 5. The number of carbonyl (C=O) groups excluding carboxylic acids is 1. The molecule has 1 amide bonds. The number of amides is 1. The van der Waals surface area contributed by atoms with Gasteiger partial charge in [0.1, 0.15) is 5.75 Å². The minimum absolute atomic E-state index is 0. The maximum Gasteiger partial charge on any atom is 0.227 e. The molecule has 1 aliphatic rings. The molecule has 0 radical (unpaired) electrons. The highest BCUT2D eigenvalue weighted by Crippen LogP contribution is 2.27. The average Bonchev–Trinajstić information content (AvgIpc) is 2.62. The van der Waals surface area contributed by atoms with Gasteiger partial charge in [0.15, 0.2) is 0 Å². The maximum absolute atomic E-state index is 12.5. The first-order valence-corrected chi connectivity index (χ1v) is 10.2. The second-order valence-corrected chi connectivity index (χ2v) is 8.37. The van der Waals surface area contributed by atoms with Crippen LogP contribution in [-0.4, -0.2) is 44.6 Å². The van der Waals surface area contributed by atoms with Gasteiger partial charge in [-0.15, -0.1) is 12.4 Å². The molecular weight excluding hydrogens is 378 g/mol. The van der Waals surface area contributed by atoms with Gasteiger partial charge in [-0.25, -0.2) is 12.7 Å². The van der Waals surface area contributed by atoms with Crippen molar-refractivity contribution in [1.82, 2.24) is 4.31 Å². The Morgan fingerprint density at radius 1 is 1.35 bits per heavy atom. The van der Waals surface area contributed by atoms with Gasteiger partial charge in [-0.3, -0.25) is 4.79 Å². The standard InChI is InChI=1S/C17H27N3O4S.ClH/c1-3-4-11-25(22,23)20-9-7-13(8-10-20)17(21)19-16-12-14(24-2)5-6-15(16)18;/h5-6,12-13H,3-4,7-11,18H2,1-2H3,(H,19,21);1H. The fraction of sp³-hybridized carbons (Fsp3) is 0.588. The molecule has 26 heavy (non-hydrogen) atoms. The van der Waals surface area contributed by atoms with Gasteiger partial charge in [-0.2, -0.15) is 0 Å². The van der Waals surface area contributed by atoms with Crippen LogP contribution in [0.3, 0.4) is 0 Å². The zero-order valence-corrected chi connectivity index (χ0v) is 16.9. The fourth-order valence-electron chi connectivity index (χ4n) is 2.86. The molecule has 2 rings (SSSR count). The van der Waals surface area contributed by atoms with Crippen molar-refractivity contribution in [3.05, 3.63) is 18.2 Å². The molecule has 1 fully saturated rings. The van der Waals surface area contributed by atoms with Crippen molar-refractivity contribution >= 4 is 39.7 Å². The largest absolute Gasteiger partial charge is 0.497 e. The van der Waals surface area contributed by atoms with Crippen LogP contribution in [0.15, 0.2) is 18.2 Å². The highest BCUT2D eigenvalue weighted by atomic mass is 35.5. The van der Waals surface area contributed by atoms with E-state index in [1.807, 2.05) is 6.92 Å². The molecule has 1 aromatic rings. The third-order valence-corrected chi connectivity index (χ3v) is 6.45. The highest BCUT2D eigenvalue weighted by molar-refractivity contribution is 7.89. The molecule has 0 bridgehead atoms. The lowest BCUT2D eigenvalue weighted by Gasteiger charge is -2.30. The number of anilines is 2. The normalized spacial score (nSPS) is 15.9. The van der Waals surface area contributed by atoms with Crippen molar-refractivity contribution < 1.29 is 17.9 Å². The minimum atomic E-state index is -3.20. The molecular formula is C17H28ClN3O4S. The van der Waals surface area contributed by atoms with Crippen molar-refractivity contribution in [1.29, 1.82) is 0 Å². The Hall–Kier alpha value is -1.51. The van der Waals surface area contributed by atoms with Gasteiger partial charge in [0, 0.05) is 25.1 Å². The molecule has 0 spiro atoms. The van der Waals surface area contributed by atoms with Crippen LogP contribution in [0.4, 0.5) is 11.4 Å². The minimum Gasteiger partial charge on any atom is -0.497 e. The lowest BCUT2D eigenvalue weighted by molar-refractivity contribution is -0.120. The van der Waals surface area contributed by atoms with Crippen LogP contribution in [0.5, 0.6) is 5.75 Å². The lowest BCUT2D eigenvalue weighted by Crippen LogP contribution is -2.42. The van der Waals surface area contributed by atoms with E-state index < -0.39 is 10.0 Å². The monoisotopic (exact) mass is 405 g/mol. The summed E-state index contributed by atoms with van der Waals surface area (Å²) in [4.78, 5) is 12.5. The van der Waals surface area contributed by atoms with Gasteiger partial charge in [0.05, 0.1) is 24.2 Å². The van der Waals surface area contributed by atoms with Gasteiger partial charge in [-0.1, -0.05) is 13.3 Å². The second-order valence-electron chi connectivity index (χ2n) is 6.29. The van der Waals surface area contributed by atoms with Crippen LogP contribution in [0.25, 0.3) is 0 Å². The molecule has 1 saturated heterocycles. The summed E-state index contributed by atoms with van der Waals surface area (Å²) in [5, 5.41) is 2.83. The Labute approximate surface area is 161 Å². The van der Waals surface area contributed by atoms with E-state index in [4.69, 9.17) is 10.5 Å². The third-order valence-electron chi connectivity index (χ3n) is 4.49. The quantitative estimate of drug-likeness (QED) is 0.678. The molecule has 0 saturated carbocycles. The van der Waals surface area contributed by atoms with Crippen LogP contribution in [0, 0.1) is 5.92 Å². The van der Waals surface area contributed by atoms with Crippen LogP contribution in [0.2, 0.25) is 0 Å². The van der Waals surface area contributed by atoms with Crippen molar-refractivity contribution in [2.75, 3.05) is 37.0 Å². The van der Waals surface area contributed by atoms with Crippen LogP contribution in [-0.2, 0) is 14.8 Å². The van der Waals surface area contributed by atoms with E-state index in [0.717, 1.165) is 6.42 Å². The Bertz CT molecular complexity index is 704. The third kappa shape index (κ3) is 5.75. The number of carbonyl (C=O) groups is 1. The van der Waals surface area contributed by atoms with E-state index in [1.165, 1.54) is 4.31 Å². The maximum atomic E-state index is 12.5. The Morgan fingerprint density at radius 3 is 2.58 bits per heavy atom. The van der Waals surface area contributed by atoms with E-state index in [-0.39, 0.29) is 30.0 Å². The molecule has 1 heterocycles. The van der Waals surface area contributed by atoms with Crippen molar-refractivity contribution in [3.8, 4) is 5.75 Å². The number of methoxy groups -OCH3 is 1. The zero-order valence-electron chi connectivity index (χ0n) is 15.2. The molecule has 9 heteroatoms. The Balaban J connectivity index is 0.00000338. The van der Waals surface area contributed by atoms with Gasteiger partial charge in [-0.05, 0) is 31.4 Å². The Kier molecular flexibility index (Phi) is 8.66. The number of nitrogens with zero attached hydrogens (tertiary/aromatic N) is 1. The second kappa shape index (κ2) is 9.99. The summed E-state index contributed by atoms with van der Waals surface area (Å²) in [6.45, 7) is 2.74. The number of halogens is 1. The average molecular weight is 406 g/mol. The smallest absolute Gasteiger partial charge is 0.227 e. The number of hydrogen-bond donors (Lipinski definition) is 2. The first-order chi connectivity index (χ1) is 11.9. The number of nitrogens with one attached hydrogen (secondary N) is 1. The highest BCUT2D eigenvalue weighted by Gasteiger charge is 2.30. The first-order valence-electron chi connectivity index (χ1n) is 8.59. The number of ether oxygens (including phenoxy) is 1. The molecule has 1 aromatic carbocycles. The number of benzene rings is 1. The fourth-order valence-corrected chi connectivity index (χ4v) is 4.54. The van der Waals surface area contributed by atoms with Gasteiger partial charge < -0.3 is 15.8 Å². The Morgan fingerprint density at radius 2 is 2.00 bits per heavy atom. The SMILES string of the molecule is CCCCS(=O)(=O)N1CCC(C(=O)Nc2cc(OC)ccc2N)CC1.Cl. The molecule has 1 aliphatic heterocycles. The van der Waals surface area contributed by atoms with E-state index in [0.29, 0.717) is 49.5 Å². The van der Waals surface area contributed by atoms with Crippen molar-refractivity contribution in [2.24, 2.45) is 5.92 Å². The van der Waals surface area contributed by atoms with Crippen molar-refractivity contribution in [3.63, 3.8) is 0 Å². The number of nitrogen functional groups attached to an aromatic ring is 1. The summed E-state index contributed by atoms with van der Waals surface area (Å²) in [7, 11) is -1.66. The molecule has 148 valence electrons. The molecule has 3 N–H and O–H groups in total. The van der Waals surface area contributed by atoms with E-state index in [9.17, 15) is 13.2 Å². The summed E-state index contributed by atoms with van der Waals surface area (Å²) in [5.41, 5.74) is 6.87. The lowest BCUT2D eigenvalue weighted by atomic mass is 9.97. The zero-order chi connectivity index (χ0) is 18.4. The van der Waals surface area contributed by atoms with E-state index in [1.54, 1.807) is 25.3 Å². The van der Waals surface area contributed by atoms with E-state index >= 15 is 0 Å². The molecule has 0 atom stereocenters. The van der Waals surface area contributed by atoms with Crippen molar-refractivity contribution in [2.45, 2.75) is 32.6 Å². The van der Waals surface area contributed by atoms with Crippen LogP contribution in [0.1, 0.15) is 32.6 Å².